The van der Waals surface area contributed by atoms with E-state index in [1.54, 1.807) is 55.7 Å². The van der Waals surface area contributed by atoms with Gasteiger partial charge >= 0.3 is 0 Å². The van der Waals surface area contributed by atoms with Crippen LogP contribution in [0.3, 0.4) is 0 Å². The van der Waals surface area contributed by atoms with Gasteiger partial charge in [-0.3, -0.25) is 9.78 Å². The average molecular weight is 414 g/mol. The lowest BCUT2D eigenvalue weighted by molar-refractivity contribution is 0.103. The maximum Gasteiger partial charge on any atom is 0.220 e. The van der Waals surface area contributed by atoms with Crippen LogP contribution in [0.4, 0.5) is 0 Å². The summed E-state index contributed by atoms with van der Waals surface area (Å²) in [6.45, 7) is 0. The van der Waals surface area contributed by atoms with Gasteiger partial charge in [0.25, 0.3) is 0 Å². The number of ether oxygens (including phenoxy) is 1. The third-order valence-electron chi connectivity index (χ3n) is 4.25. The van der Waals surface area contributed by atoms with Crippen LogP contribution in [0.5, 0.6) is 17.4 Å². The number of hydrogen-bond donors (Lipinski definition) is 1. The van der Waals surface area contributed by atoms with Crippen LogP contribution in [0.2, 0.25) is 10.0 Å². The third-order valence-corrected chi connectivity index (χ3v) is 4.84. The molecule has 4 rings (SSSR count). The minimum atomic E-state index is -0.363. The zero-order chi connectivity index (χ0) is 19.8. The lowest BCUT2D eigenvalue weighted by Crippen LogP contribution is -2.01. The zero-order valence-corrected chi connectivity index (χ0v) is 16.1. The molecule has 1 N–H and O–H groups in total. The number of rotatable bonds is 4. The van der Waals surface area contributed by atoms with Gasteiger partial charge in [0.2, 0.25) is 5.88 Å². The van der Waals surface area contributed by atoms with E-state index in [1.165, 1.54) is 10.9 Å². The van der Waals surface area contributed by atoms with Crippen LogP contribution in [-0.4, -0.2) is 25.7 Å². The van der Waals surface area contributed by atoms with E-state index in [0.29, 0.717) is 38.0 Å². The van der Waals surface area contributed by atoms with Gasteiger partial charge in [0.1, 0.15) is 11.3 Å². The molecule has 6 nitrogen and oxygen atoms in total. The largest absolute Gasteiger partial charge is 0.493 e. The fraction of sp³-hybridized carbons (Fsp3) is 0.0500. The molecule has 140 valence electrons. The number of aromatic nitrogens is 3. The Labute approximate surface area is 169 Å². The molecule has 0 amide bonds. The predicted octanol–water partition coefficient (Wildman–Crippen LogP) is 5.00. The lowest BCUT2D eigenvalue weighted by atomic mass is 10.0. The highest BCUT2D eigenvalue weighted by atomic mass is 35.5. The van der Waals surface area contributed by atoms with Gasteiger partial charge < -0.3 is 9.84 Å². The van der Waals surface area contributed by atoms with Crippen molar-refractivity contribution in [1.82, 2.24) is 14.8 Å². The summed E-state index contributed by atoms with van der Waals surface area (Å²) in [7, 11) is 1.55. The first-order valence-corrected chi connectivity index (χ1v) is 8.97. The number of fused-ring (bicyclic) bond motifs is 1. The molecule has 0 radical (unpaired) electrons. The standard InChI is InChI=1S/C20H13Cl2N3O3/c1-25-20(27)13(10-24-25)18(26)11-5-6-16-12(9-11)17(7-8-23-16)28-19-14(21)3-2-4-15(19)22/h2-10,27H,1H3. The molecular formula is C20H13Cl2N3O3. The summed E-state index contributed by atoms with van der Waals surface area (Å²) < 4.78 is 7.17. The van der Waals surface area contributed by atoms with Crippen LogP contribution >= 0.6 is 23.2 Å². The number of benzene rings is 2. The van der Waals surface area contributed by atoms with Crippen molar-refractivity contribution >= 4 is 39.9 Å². The van der Waals surface area contributed by atoms with E-state index in [2.05, 4.69) is 10.1 Å². The number of hydrogen-bond acceptors (Lipinski definition) is 5. The molecule has 0 atom stereocenters. The molecule has 0 aliphatic carbocycles. The van der Waals surface area contributed by atoms with Crippen molar-refractivity contribution in [2.75, 3.05) is 0 Å². The molecule has 0 fully saturated rings. The minimum Gasteiger partial charge on any atom is -0.493 e. The van der Waals surface area contributed by atoms with Gasteiger partial charge in [-0.25, -0.2) is 4.68 Å². The minimum absolute atomic E-state index is 0.113. The van der Waals surface area contributed by atoms with Crippen molar-refractivity contribution in [3.8, 4) is 17.4 Å². The molecule has 4 aromatic rings. The SMILES string of the molecule is Cn1ncc(C(=O)c2ccc3nccc(Oc4c(Cl)cccc4Cl)c3c2)c1O. The van der Waals surface area contributed by atoms with E-state index in [0.717, 1.165) is 0 Å². The fourth-order valence-corrected chi connectivity index (χ4v) is 3.26. The number of nitrogens with zero attached hydrogens (tertiary/aromatic N) is 3. The van der Waals surface area contributed by atoms with Crippen LogP contribution < -0.4 is 4.74 Å². The van der Waals surface area contributed by atoms with Crippen LogP contribution in [0.1, 0.15) is 15.9 Å². The van der Waals surface area contributed by atoms with E-state index >= 15 is 0 Å². The topological polar surface area (TPSA) is 77.2 Å². The zero-order valence-electron chi connectivity index (χ0n) is 14.6. The Morgan fingerprint density at radius 3 is 2.57 bits per heavy atom. The van der Waals surface area contributed by atoms with Gasteiger partial charge in [-0.1, -0.05) is 29.3 Å². The summed E-state index contributed by atoms with van der Waals surface area (Å²) >= 11 is 12.4. The Morgan fingerprint density at radius 1 is 1.14 bits per heavy atom. The first-order chi connectivity index (χ1) is 13.5. The monoisotopic (exact) mass is 413 g/mol. The fourth-order valence-electron chi connectivity index (χ4n) is 2.79. The Kier molecular flexibility index (Phi) is 4.66. The highest BCUT2D eigenvalue weighted by Crippen LogP contribution is 2.38. The molecule has 0 saturated heterocycles. The number of carbonyl (C=O) groups excluding carboxylic acids is 1. The Morgan fingerprint density at radius 2 is 1.89 bits per heavy atom. The van der Waals surface area contributed by atoms with Crippen molar-refractivity contribution in [1.29, 1.82) is 0 Å². The number of aromatic hydroxyl groups is 1. The normalized spacial score (nSPS) is 11.0. The van der Waals surface area contributed by atoms with Gasteiger partial charge in [-0.2, -0.15) is 5.10 Å². The van der Waals surface area contributed by atoms with E-state index in [9.17, 15) is 9.90 Å². The Bertz CT molecular complexity index is 1200. The maximum atomic E-state index is 12.8. The number of para-hydroxylation sites is 1. The summed E-state index contributed by atoms with van der Waals surface area (Å²) in [6, 6.07) is 11.7. The number of aryl methyl sites for hydroxylation is 1. The molecule has 0 saturated carbocycles. The van der Waals surface area contributed by atoms with E-state index < -0.39 is 0 Å². The van der Waals surface area contributed by atoms with Crippen LogP contribution in [0.25, 0.3) is 10.9 Å². The van der Waals surface area contributed by atoms with E-state index in [-0.39, 0.29) is 17.2 Å². The predicted molar refractivity (Wildman–Crippen MR) is 107 cm³/mol. The summed E-state index contributed by atoms with van der Waals surface area (Å²) in [4.78, 5) is 17.1. The molecule has 0 spiro atoms. The summed E-state index contributed by atoms with van der Waals surface area (Å²) in [6.07, 6.45) is 2.92. The maximum absolute atomic E-state index is 12.8. The molecule has 0 unspecified atom stereocenters. The second kappa shape index (κ2) is 7.14. The summed E-state index contributed by atoms with van der Waals surface area (Å²) in [5, 5.41) is 15.2. The second-order valence-corrected chi connectivity index (χ2v) is 6.84. The van der Waals surface area contributed by atoms with Crippen molar-refractivity contribution in [3.63, 3.8) is 0 Å². The number of pyridine rings is 1. The molecule has 2 aromatic heterocycles. The van der Waals surface area contributed by atoms with Gasteiger partial charge in [-0.15, -0.1) is 0 Å². The summed E-state index contributed by atoms with van der Waals surface area (Å²) in [5.74, 6) is 0.207. The van der Waals surface area contributed by atoms with Crippen molar-refractivity contribution < 1.29 is 14.6 Å². The van der Waals surface area contributed by atoms with Crippen LogP contribution in [0.15, 0.2) is 54.9 Å². The van der Waals surface area contributed by atoms with Crippen molar-refractivity contribution in [2.24, 2.45) is 7.05 Å². The van der Waals surface area contributed by atoms with Gasteiger partial charge in [-0.05, 0) is 36.4 Å². The molecule has 0 aliphatic rings. The number of ketones is 1. The molecule has 0 bridgehead atoms. The van der Waals surface area contributed by atoms with Gasteiger partial charge in [0, 0.05) is 24.2 Å². The van der Waals surface area contributed by atoms with E-state index in [4.69, 9.17) is 27.9 Å². The van der Waals surface area contributed by atoms with Gasteiger partial charge in [0.15, 0.2) is 11.5 Å². The van der Waals surface area contributed by atoms with Crippen molar-refractivity contribution in [3.05, 3.63) is 76.0 Å². The molecule has 8 heteroatoms. The lowest BCUT2D eigenvalue weighted by Gasteiger charge is -2.12. The number of carbonyl (C=O) groups is 1. The second-order valence-electron chi connectivity index (χ2n) is 6.03. The van der Waals surface area contributed by atoms with Crippen molar-refractivity contribution in [2.45, 2.75) is 0 Å². The molecule has 28 heavy (non-hydrogen) atoms. The van der Waals surface area contributed by atoms with Crippen LogP contribution in [-0.2, 0) is 7.05 Å². The number of halogens is 2. The molecule has 2 heterocycles. The van der Waals surface area contributed by atoms with E-state index in [1.807, 2.05) is 0 Å². The first-order valence-electron chi connectivity index (χ1n) is 8.22. The van der Waals surface area contributed by atoms with Crippen LogP contribution in [0, 0.1) is 0 Å². The summed E-state index contributed by atoms with van der Waals surface area (Å²) in [5.41, 5.74) is 1.11. The van der Waals surface area contributed by atoms with Gasteiger partial charge in [0.05, 0.1) is 21.8 Å². The first kappa shape index (κ1) is 18.3. The molecule has 2 aromatic carbocycles. The highest BCUT2D eigenvalue weighted by molar-refractivity contribution is 6.37. The molecular weight excluding hydrogens is 401 g/mol. The average Bonchev–Trinajstić information content (AvgIpc) is 3.02. The smallest absolute Gasteiger partial charge is 0.220 e. The Hall–Kier alpha value is -3.09. The third kappa shape index (κ3) is 3.17. The molecule has 0 aliphatic heterocycles. The quantitative estimate of drug-likeness (QED) is 0.476. The highest BCUT2D eigenvalue weighted by Gasteiger charge is 2.19. The Balaban J connectivity index is 1.80.